The molecule has 1 unspecified atom stereocenters. The zero-order chi connectivity index (χ0) is 9.14. The van der Waals surface area contributed by atoms with Crippen molar-refractivity contribution in [3.8, 4) is 0 Å². The van der Waals surface area contributed by atoms with Gasteiger partial charge in [0.15, 0.2) is 0 Å². The molecule has 0 bridgehead atoms. The Labute approximate surface area is 73.5 Å². The van der Waals surface area contributed by atoms with Crippen molar-refractivity contribution in [2.75, 3.05) is 0 Å². The highest BCUT2D eigenvalue weighted by atomic mass is 17.1. The molecule has 0 aromatic rings. The highest BCUT2D eigenvalue weighted by molar-refractivity contribution is 5.25. The molecule has 0 radical (unpaired) electrons. The van der Waals surface area contributed by atoms with Crippen molar-refractivity contribution in [3.63, 3.8) is 0 Å². The minimum Gasteiger partial charge on any atom is -0.344 e. The van der Waals surface area contributed by atoms with Crippen molar-refractivity contribution in [2.45, 2.75) is 27.2 Å². The number of rotatable bonds is 2. The Bertz CT molecular complexity index is 214. The maximum atomic E-state index is 8.57. The third-order valence-corrected chi connectivity index (χ3v) is 2.42. The second-order valence-electron chi connectivity index (χ2n) is 3.67. The van der Waals surface area contributed by atoms with Crippen molar-refractivity contribution in [3.05, 3.63) is 23.5 Å². The second kappa shape index (κ2) is 3.76. The topological polar surface area (TPSA) is 29.5 Å². The summed E-state index contributed by atoms with van der Waals surface area (Å²) in [5.41, 5.74) is 1.02. The van der Waals surface area contributed by atoms with Gasteiger partial charge in [-0.1, -0.05) is 26.0 Å². The zero-order valence-corrected chi connectivity index (χ0v) is 7.87. The summed E-state index contributed by atoms with van der Waals surface area (Å²) in [4.78, 5) is 4.31. The van der Waals surface area contributed by atoms with Crippen molar-refractivity contribution < 1.29 is 10.1 Å². The molecule has 1 aliphatic rings. The van der Waals surface area contributed by atoms with Gasteiger partial charge in [-0.3, -0.25) is 0 Å². The molecule has 1 aliphatic carbocycles. The van der Waals surface area contributed by atoms with E-state index in [1.165, 1.54) is 0 Å². The molecule has 1 rings (SSSR count). The summed E-state index contributed by atoms with van der Waals surface area (Å²) in [7, 11) is 0. The summed E-state index contributed by atoms with van der Waals surface area (Å²) in [5.74, 6) is 1.80. The van der Waals surface area contributed by atoms with Crippen LogP contribution in [0.1, 0.15) is 27.2 Å². The lowest BCUT2D eigenvalue weighted by Crippen LogP contribution is -2.11. The normalized spacial score (nSPS) is 23.6. The molecule has 0 saturated heterocycles. The molecular weight excluding hydrogens is 152 g/mol. The fourth-order valence-electron chi connectivity index (χ4n) is 1.37. The third-order valence-electron chi connectivity index (χ3n) is 2.42. The van der Waals surface area contributed by atoms with Crippen LogP contribution in [-0.4, -0.2) is 5.26 Å². The lowest BCUT2D eigenvalue weighted by molar-refractivity contribution is -0.208. The van der Waals surface area contributed by atoms with E-state index in [4.69, 9.17) is 5.26 Å². The van der Waals surface area contributed by atoms with Crippen LogP contribution in [0.5, 0.6) is 0 Å². The third kappa shape index (κ3) is 1.89. The Hall–Kier alpha value is -0.760. The van der Waals surface area contributed by atoms with E-state index in [1.54, 1.807) is 0 Å². The Morgan fingerprint density at radius 2 is 2.25 bits per heavy atom. The summed E-state index contributed by atoms with van der Waals surface area (Å²) in [6.07, 6.45) is 5.01. The van der Waals surface area contributed by atoms with Gasteiger partial charge in [0.2, 0.25) is 0 Å². The van der Waals surface area contributed by atoms with Gasteiger partial charge in [0.25, 0.3) is 0 Å². The van der Waals surface area contributed by atoms with Crippen molar-refractivity contribution in [1.82, 2.24) is 0 Å². The van der Waals surface area contributed by atoms with Crippen molar-refractivity contribution in [2.24, 2.45) is 11.8 Å². The van der Waals surface area contributed by atoms with E-state index in [9.17, 15) is 0 Å². The number of allylic oxidation sites excluding steroid dienone is 4. The summed E-state index contributed by atoms with van der Waals surface area (Å²) in [6, 6.07) is 0. The molecule has 12 heavy (non-hydrogen) atoms. The van der Waals surface area contributed by atoms with Crippen LogP contribution in [-0.2, 0) is 4.89 Å². The molecule has 1 atom stereocenters. The smallest absolute Gasteiger partial charge is 0.145 e. The fraction of sp³-hybridized carbons (Fsp3) is 0.600. The zero-order valence-electron chi connectivity index (χ0n) is 7.87. The van der Waals surface area contributed by atoms with E-state index < -0.39 is 0 Å². The molecule has 2 nitrogen and oxygen atoms in total. The first-order chi connectivity index (χ1) is 5.65. The summed E-state index contributed by atoms with van der Waals surface area (Å²) >= 11 is 0. The van der Waals surface area contributed by atoms with Crippen LogP contribution in [0, 0.1) is 11.8 Å². The molecule has 0 saturated carbocycles. The molecule has 0 heterocycles. The van der Waals surface area contributed by atoms with Gasteiger partial charge in [-0.2, -0.15) is 0 Å². The number of hydrogen-bond donors (Lipinski definition) is 1. The SMILES string of the molecule is CC1=C(OO)CC(C(C)C)C=C1. The van der Waals surface area contributed by atoms with E-state index in [1.807, 2.05) is 13.0 Å². The van der Waals surface area contributed by atoms with Crippen molar-refractivity contribution in [1.29, 1.82) is 0 Å². The Morgan fingerprint density at radius 3 is 2.75 bits per heavy atom. The average Bonchev–Trinajstić information content (AvgIpc) is 2.05. The number of hydrogen-bond acceptors (Lipinski definition) is 2. The molecule has 0 amide bonds. The van der Waals surface area contributed by atoms with Gasteiger partial charge in [0.05, 0.1) is 0 Å². The molecular formula is C10H16O2. The fourth-order valence-corrected chi connectivity index (χ4v) is 1.37. The van der Waals surface area contributed by atoms with Crippen LogP contribution in [0.2, 0.25) is 0 Å². The van der Waals surface area contributed by atoms with Gasteiger partial charge in [0.1, 0.15) is 5.76 Å². The largest absolute Gasteiger partial charge is 0.344 e. The minimum absolute atomic E-state index is 0.496. The predicted molar refractivity (Wildman–Crippen MR) is 48.5 cm³/mol. The summed E-state index contributed by atoms with van der Waals surface area (Å²) < 4.78 is 0. The molecule has 1 N–H and O–H groups in total. The van der Waals surface area contributed by atoms with Gasteiger partial charge >= 0.3 is 0 Å². The van der Waals surface area contributed by atoms with Crippen LogP contribution in [0.3, 0.4) is 0 Å². The average molecular weight is 168 g/mol. The van der Waals surface area contributed by atoms with Crippen LogP contribution in [0.15, 0.2) is 23.5 Å². The molecule has 0 spiro atoms. The van der Waals surface area contributed by atoms with E-state index >= 15 is 0 Å². The van der Waals surface area contributed by atoms with Crippen LogP contribution < -0.4 is 0 Å². The molecule has 68 valence electrons. The molecule has 2 heteroatoms. The van der Waals surface area contributed by atoms with Crippen LogP contribution in [0.25, 0.3) is 0 Å². The maximum Gasteiger partial charge on any atom is 0.145 e. The van der Waals surface area contributed by atoms with E-state index in [-0.39, 0.29) is 0 Å². The molecule has 0 aromatic heterocycles. The second-order valence-corrected chi connectivity index (χ2v) is 3.67. The molecule has 0 aliphatic heterocycles. The lowest BCUT2D eigenvalue weighted by Gasteiger charge is -2.21. The standard InChI is InChI=1S/C10H16O2/c1-7(2)9-5-4-8(3)10(6-9)12-11/h4-5,7,9,11H,6H2,1-3H3. The maximum absolute atomic E-state index is 8.57. The van der Waals surface area contributed by atoms with Crippen molar-refractivity contribution >= 4 is 0 Å². The minimum atomic E-state index is 0.496. The van der Waals surface area contributed by atoms with Gasteiger partial charge in [-0.15, -0.1) is 0 Å². The molecule has 0 aromatic carbocycles. The first kappa shape index (κ1) is 9.33. The first-order valence-electron chi connectivity index (χ1n) is 4.34. The lowest BCUT2D eigenvalue weighted by atomic mass is 9.87. The van der Waals surface area contributed by atoms with Gasteiger partial charge in [-0.25, -0.2) is 5.26 Å². The molecule has 0 fully saturated rings. The van der Waals surface area contributed by atoms with E-state index in [0.29, 0.717) is 17.6 Å². The highest BCUT2D eigenvalue weighted by Gasteiger charge is 2.18. The van der Waals surface area contributed by atoms with Crippen LogP contribution >= 0.6 is 0 Å². The predicted octanol–water partition coefficient (Wildman–Crippen LogP) is 2.98. The summed E-state index contributed by atoms with van der Waals surface area (Å²) in [6.45, 7) is 6.29. The quantitative estimate of drug-likeness (QED) is 0.507. The Balaban J connectivity index is 2.70. The Morgan fingerprint density at radius 1 is 1.58 bits per heavy atom. The van der Waals surface area contributed by atoms with Gasteiger partial charge in [0, 0.05) is 6.42 Å². The summed E-state index contributed by atoms with van der Waals surface area (Å²) in [5, 5.41) is 8.57. The van der Waals surface area contributed by atoms with Gasteiger partial charge in [-0.05, 0) is 24.3 Å². The first-order valence-corrected chi connectivity index (χ1v) is 4.34. The van der Waals surface area contributed by atoms with Gasteiger partial charge < -0.3 is 4.89 Å². The van der Waals surface area contributed by atoms with Crippen LogP contribution in [0.4, 0.5) is 0 Å². The van der Waals surface area contributed by atoms with E-state index in [0.717, 1.165) is 12.0 Å². The van der Waals surface area contributed by atoms with E-state index in [2.05, 4.69) is 24.8 Å². The Kier molecular flexibility index (Phi) is 2.93. The highest BCUT2D eigenvalue weighted by Crippen LogP contribution is 2.28. The monoisotopic (exact) mass is 168 g/mol.